The molecule has 0 saturated heterocycles. The first kappa shape index (κ1) is 14.3. The summed E-state index contributed by atoms with van der Waals surface area (Å²) in [6.07, 6.45) is 0.934. The largest absolute Gasteiger partial charge is 0.496 e. The molecule has 0 atom stereocenters. The van der Waals surface area contributed by atoms with Gasteiger partial charge in [0.25, 0.3) is 5.91 Å². The van der Waals surface area contributed by atoms with Crippen LogP contribution in [0.3, 0.4) is 0 Å². The Kier molecular flexibility index (Phi) is 4.57. The van der Waals surface area contributed by atoms with E-state index in [4.69, 9.17) is 15.2 Å². The predicted octanol–water partition coefficient (Wildman–Crippen LogP) is 2.71. The first-order valence-corrected chi connectivity index (χ1v) is 7.10. The highest BCUT2D eigenvalue weighted by Crippen LogP contribution is 2.34. The first-order valence-electron chi connectivity index (χ1n) is 6.22. The van der Waals surface area contributed by atoms with E-state index >= 15 is 0 Å². The summed E-state index contributed by atoms with van der Waals surface area (Å²) < 4.78 is 10.9. The number of methoxy groups -OCH3 is 1. The molecule has 0 aliphatic rings. The van der Waals surface area contributed by atoms with Crippen molar-refractivity contribution < 1.29 is 14.3 Å². The zero-order valence-electron chi connectivity index (χ0n) is 11.4. The van der Waals surface area contributed by atoms with Crippen LogP contribution in [-0.2, 0) is 0 Å². The number of carbonyl (C=O) groups excluding carboxylic acids is 1. The fourth-order valence-electron chi connectivity index (χ4n) is 1.71. The highest BCUT2D eigenvalue weighted by Gasteiger charge is 2.13. The summed E-state index contributed by atoms with van der Waals surface area (Å²) in [5.74, 6) is 0.894. The van der Waals surface area contributed by atoms with Crippen LogP contribution in [0.5, 0.6) is 11.5 Å². The summed E-state index contributed by atoms with van der Waals surface area (Å²) in [7, 11) is 1.59. The number of hydrogen-bond donors (Lipinski definition) is 1. The van der Waals surface area contributed by atoms with Crippen LogP contribution in [0.2, 0.25) is 0 Å². The van der Waals surface area contributed by atoms with E-state index in [9.17, 15) is 4.79 Å². The average Bonchev–Trinajstić information content (AvgIpc) is 2.94. The molecule has 0 unspecified atom stereocenters. The third-order valence-electron chi connectivity index (χ3n) is 2.63. The Labute approximate surface area is 121 Å². The zero-order valence-corrected chi connectivity index (χ0v) is 12.2. The number of benzene rings is 1. The van der Waals surface area contributed by atoms with Crippen LogP contribution < -0.4 is 15.2 Å². The predicted molar refractivity (Wildman–Crippen MR) is 78.4 cm³/mol. The van der Waals surface area contributed by atoms with Crippen molar-refractivity contribution in [2.75, 3.05) is 13.7 Å². The smallest absolute Gasteiger partial charge is 0.277 e. The lowest BCUT2D eigenvalue weighted by Gasteiger charge is -2.10. The number of primary amides is 1. The number of aromatic nitrogens is 1. The second-order valence-electron chi connectivity index (χ2n) is 4.11. The molecule has 2 aromatic rings. The van der Waals surface area contributed by atoms with Gasteiger partial charge in [-0.15, -0.1) is 11.3 Å². The van der Waals surface area contributed by atoms with Crippen molar-refractivity contribution in [2.45, 2.75) is 13.3 Å². The third-order valence-corrected chi connectivity index (χ3v) is 3.49. The Bertz CT molecular complexity index is 610. The molecule has 0 saturated carbocycles. The summed E-state index contributed by atoms with van der Waals surface area (Å²) in [6.45, 7) is 2.69. The molecule has 0 fully saturated rings. The van der Waals surface area contributed by atoms with E-state index in [1.807, 2.05) is 25.1 Å². The molecule has 1 heterocycles. The number of carbonyl (C=O) groups is 1. The molecule has 1 aromatic heterocycles. The van der Waals surface area contributed by atoms with Crippen molar-refractivity contribution in [3.05, 3.63) is 28.6 Å². The topological polar surface area (TPSA) is 74.4 Å². The van der Waals surface area contributed by atoms with Crippen LogP contribution in [0.15, 0.2) is 23.6 Å². The van der Waals surface area contributed by atoms with E-state index in [0.29, 0.717) is 18.1 Å². The van der Waals surface area contributed by atoms with Crippen molar-refractivity contribution >= 4 is 17.2 Å². The molecule has 2 N–H and O–H groups in total. The van der Waals surface area contributed by atoms with Crippen molar-refractivity contribution in [3.8, 4) is 22.8 Å². The van der Waals surface area contributed by atoms with Crippen LogP contribution in [0.4, 0.5) is 0 Å². The van der Waals surface area contributed by atoms with Crippen molar-refractivity contribution in [1.29, 1.82) is 0 Å². The van der Waals surface area contributed by atoms with Gasteiger partial charge in [-0.05, 0) is 24.6 Å². The van der Waals surface area contributed by atoms with Gasteiger partial charge in [0.05, 0.1) is 19.4 Å². The van der Waals surface area contributed by atoms with Gasteiger partial charge in [-0.1, -0.05) is 6.92 Å². The summed E-state index contributed by atoms with van der Waals surface area (Å²) >= 11 is 1.21. The molecule has 6 heteroatoms. The second-order valence-corrected chi connectivity index (χ2v) is 4.97. The lowest BCUT2D eigenvalue weighted by atomic mass is 10.1. The number of thiazole rings is 1. The standard InChI is InChI=1S/C14H16N2O3S/c1-3-6-19-9-4-5-12(18-2)10(7-9)11-8-20-14(16-11)13(15)17/h4-5,7-8H,3,6H2,1-2H3,(H2,15,17). The van der Waals surface area contributed by atoms with Gasteiger partial charge in [-0.25, -0.2) is 4.98 Å². The molecule has 0 bridgehead atoms. The minimum atomic E-state index is -0.529. The molecule has 0 radical (unpaired) electrons. The summed E-state index contributed by atoms with van der Waals surface area (Å²) in [4.78, 5) is 15.3. The van der Waals surface area contributed by atoms with Gasteiger partial charge >= 0.3 is 0 Å². The van der Waals surface area contributed by atoms with Gasteiger partial charge < -0.3 is 15.2 Å². The van der Waals surface area contributed by atoms with Gasteiger partial charge in [0.2, 0.25) is 0 Å². The van der Waals surface area contributed by atoms with E-state index in [2.05, 4.69) is 4.98 Å². The molecule has 0 aliphatic carbocycles. The molecule has 0 aliphatic heterocycles. The monoisotopic (exact) mass is 292 g/mol. The van der Waals surface area contributed by atoms with E-state index < -0.39 is 5.91 Å². The number of ether oxygens (including phenoxy) is 2. The Morgan fingerprint density at radius 2 is 2.25 bits per heavy atom. The Morgan fingerprint density at radius 1 is 1.45 bits per heavy atom. The van der Waals surface area contributed by atoms with Crippen LogP contribution in [0.1, 0.15) is 23.1 Å². The highest BCUT2D eigenvalue weighted by atomic mass is 32.1. The van der Waals surface area contributed by atoms with Crippen molar-refractivity contribution in [1.82, 2.24) is 4.98 Å². The molecule has 1 aromatic carbocycles. The van der Waals surface area contributed by atoms with Crippen molar-refractivity contribution in [3.63, 3.8) is 0 Å². The fraction of sp³-hybridized carbons (Fsp3) is 0.286. The minimum absolute atomic E-state index is 0.280. The maximum Gasteiger partial charge on any atom is 0.277 e. The van der Waals surface area contributed by atoms with Gasteiger partial charge in [0.1, 0.15) is 11.5 Å². The van der Waals surface area contributed by atoms with Crippen LogP contribution >= 0.6 is 11.3 Å². The van der Waals surface area contributed by atoms with Crippen LogP contribution in [-0.4, -0.2) is 24.6 Å². The van der Waals surface area contributed by atoms with Gasteiger partial charge in [0, 0.05) is 10.9 Å². The number of rotatable bonds is 6. The minimum Gasteiger partial charge on any atom is -0.496 e. The van der Waals surface area contributed by atoms with Crippen LogP contribution in [0, 0.1) is 0 Å². The SMILES string of the molecule is CCCOc1ccc(OC)c(-c2csc(C(N)=O)n2)c1. The molecule has 1 amide bonds. The normalized spacial score (nSPS) is 10.3. The number of hydrogen-bond acceptors (Lipinski definition) is 5. The Balaban J connectivity index is 2.38. The Morgan fingerprint density at radius 3 is 2.85 bits per heavy atom. The zero-order chi connectivity index (χ0) is 14.5. The molecule has 2 rings (SSSR count). The molecule has 20 heavy (non-hydrogen) atoms. The highest BCUT2D eigenvalue weighted by molar-refractivity contribution is 7.12. The Hall–Kier alpha value is -2.08. The lowest BCUT2D eigenvalue weighted by molar-refractivity contribution is 0.1000. The molecular formula is C14H16N2O3S. The first-order chi connectivity index (χ1) is 9.65. The van der Waals surface area contributed by atoms with Gasteiger partial charge in [-0.3, -0.25) is 4.79 Å². The summed E-state index contributed by atoms with van der Waals surface area (Å²) in [5.41, 5.74) is 6.66. The van der Waals surface area contributed by atoms with E-state index in [0.717, 1.165) is 17.7 Å². The van der Waals surface area contributed by atoms with E-state index in [1.165, 1.54) is 11.3 Å². The lowest BCUT2D eigenvalue weighted by Crippen LogP contribution is -2.10. The molecule has 106 valence electrons. The summed E-state index contributed by atoms with van der Waals surface area (Å²) in [6, 6.07) is 5.53. The quantitative estimate of drug-likeness (QED) is 0.888. The van der Waals surface area contributed by atoms with Gasteiger partial charge in [0.15, 0.2) is 5.01 Å². The molecule has 0 spiro atoms. The number of nitrogens with two attached hydrogens (primary N) is 1. The molecular weight excluding hydrogens is 276 g/mol. The van der Waals surface area contributed by atoms with E-state index in [-0.39, 0.29) is 5.01 Å². The van der Waals surface area contributed by atoms with Crippen molar-refractivity contribution in [2.24, 2.45) is 5.73 Å². The van der Waals surface area contributed by atoms with Crippen LogP contribution in [0.25, 0.3) is 11.3 Å². The maximum absolute atomic E-state index is 11.1. The average molecular weight is 292 g/mol. The summed E-state index contributed by atoms with van der Waals surface area (Å²) in [5, 5.41) is 2.06. The fourth-order valence-corrected chi connectivity index (χ4v) is 2.38. The van der Waals surface area contributed by atoms with Gasteiger partial charge in [-0.2, -0.15) is 0 Å². The number of amides is 1. The molecule has 5 nitrogen and oxygen atoms in total. The second kappa shape index (κ2) is 6.38. The number of nitrogens with zero attached hydrogens (tertiary/aromatic N) is 1. The third kappa shape index (κ3) is 3.08. The maximum atomic E-state index is 11.1. The van der Waals surface area contributed by atoms with E-state index in [1.54, 1.807) is 12.5 Å².